The van der Waals surface area contributed by atoms with E-state index in [0.717, 1.165) is 0 Å². The molecule has 0 aromatic heterocycles. The molecule has 0 aliphatic rings. The molecule has 2 rings (SSSR count). The number of benzene rings is 2. The maximum Gasteiger partial charge on any atom is 0.233 e. The molecule has 0 bridgehead atoms. The van der Waals surface area contributed by atoms with Crippen LogP contribution in [0, 0.1) is 0 Å². The van der Waals surface area contributed by atoms with E-state index >= 15 is 0 Å². The molecular weight excluding hydrogens is 512 g/mol. The summed E-state index contributed by atoms with van der Waals surface area (Å²) in [4.78, 5) is 25.3. The first-order valence-corrected chi connectivity index (χ1v) is 12.6. The molecule has 0 saturated heterocycles. The van der Waals surface area contributed by atoms with Crippen molar-refractivity contribution in [2.24, 2.45) is 0 Å². The Morgan fingerprint density at radius 1 is 0.590 bits per heavy atom. The van der Waals surface area contributed by atoms with Crippen LogP contribution in [-0.2, 0) is 23.7 Å². The van der Waals surface area contributed by atoms with E-state index in [1.165, 1.54) is 32.4 Å². The summed E-state index contributed by atoms with van der Waals surface area (Å²) in [6.07, 6.45) is 0. The van der Waals surface area contributed by atoms with Crippen LogP contribution in [0.2, 0.25) is 0 Å². The fourth-order valence-electron chi connectivity index (χ4n) is 3.21. The first kappa shape index (κ1) is 32.2. The summed E-state index contributed by atoms with van der Waals surface area (Å²) in [6.45, 7) is 4.49. The number of ether oxygens (including phenoxy) is 8. The fourth-order valence-corrected chi connectivity index (χ4v) is 3.21. The number of aliphatic hydroxyl groups is 1. The molecule has 0 amide bonds. The zero-order valence-electron chi connectivity index (χ0n) is 22.6. The molecule has 11 nitrogen and oxygen atoms in total. The number of hydrogen-bond donors (Lipinski definition) is 1. The third-order valence-electron chi connectivity index (χ3n) is 5.17. The van der Waals surface area contributed by atoms with Crippen molar-refractivity contribution in [3.05, 3.63) is 53.6 Å². The molecule has 0 aliphatic heterocycles. The first-order valence-electron chi connectivity index (χ1n) is 12.6. The summed E-state index contributed by atoms with van der Waals surface area (Å²) in [7, 11) is 2.95. The van der Waals surface area contributed by atoms with E-state index in [1.54, 1.807) is 24.3 Å². The standard InChI is InChI=1S/C28H38O11/c1-32-24-5-3-4-22(20-24)27(30)28(31)23-6-7-25(26(21-23)33-2)39-19-18-38-17-16-37-15-14-36-13-12-35-11-10-34-9-8-29/h3-7,20-21,29H,8-19H2,1-2H3. The second-order valence-corrected chi connectivity index (χ2v) is 7.89. The molecule has 0 spiro atoms. The van der Waals surface area contributed by atoms with E-state index in [2.05, 4.69) is 0 Å². The van der Waals surface area contributed by atoms with Crippen LogP contribution >= 0.6 is 0 Å². The monoisotopic (exact) mass is 550 g/mol. The lowest BCUT2D eigenvalue weighted by atomic mass is 10.0. The van der Waals surface area contributed by atoms with E-state index in [-0.39, 0.29) is 24.3 Å². The molecule has 0 saturated carbocycles. The SMILES string of the molecule is COc1cccc(C(=O)C(=O)c2ccc(OCCOCCOCCOCCOCCOCCO)c(OC)c2)c1. The van der Waals surface area contributed by atoms with Gasteiger partial charge in [-0.15, -0.1) is 0 Å². The minimum Gasteiger partial charge on any atom is -0.497 e. The lowest BCUT2D eigenvalue weighted by molar-refractivity contribution is -0.0147. The second-order valence-electron chi connectivity index (χ2n) is 7.89. The molecule has 11 heteroatoms. The van der Waals surface area contributed by atoms with Crippen molar-refractivity contribution >= 4 is 11.6 Å². The molecule has 2 aromatic carbocycles. The Hall–Kier alpha value is -3.06. The van der Waals surface area contributed by atoms with Gasteiger partial charge in [0.2, 0.25) is 11.6 Å². The minimum atomic E-state index is -0.657. The van der Waals surface area contributed by atoms with Gasteiger partial charge in [-0.05, 0) is 30.3 Å². The van der Waals surface area contributed by atoms with Crippen molar-refractivity contribution in [1.82, 2.24) is 0 Å². The van der Waals surface area contributed by atoms with Gasteiger partial charge >= 0.3 is 0 Å². The number of hydrogen-bond acceptors (Lipinski definition) is 11. The van der Waals surface area contributed by atoms with Crippen LogP contribution in [0.5, 0.6) is 17.2 Å². The van der Waals surface area contributed by atoms with Gasteiger partial charge in [-0.1, -0.05) is 12.1 Å². The highest BCUT2D eigenvalue weighted by Gasteiger charge is 2.20. The van der Waals surface area contributed by atoms with Crippen LogP contribution in [0.3, 0.4) is 0 Å². The molecule has 1 N–H and O–H groups in total. The van der Waals surface area contributed by atoms with Crippen molar-refractivity contribution in [1.29, 1.82) is 0 Å². The van der Waals surface area contributed by atoms with E-state index in [0.29, 0.717) is 83.3 Å². The van der Waals surface area contributed by atoms with E-state index in [1.807, 2.05) is 0 Å². The molecule has 39 heavy (non-hydrogen) atoms. The first-order chi connectivity index (χ1) is 19.1. The van der Waals surface area contributed by atoms with Crippen molar-refractivity contribution in [2.75, 3.05) is 93.5 Å². The highest BCUT2D eigenvalue weighted by molar-refractivity contribution is 6.49. The van der Waals surface area contributed by atoms with Crippen molar-refractivity contribution in [3.8, 4) is 17.2 Å². The molecule has 0 unspecified atom stereocenters. The highest BCUT2D eigenvalue weighted by atomic mass is 16.6. The minimum absolute atomic E-state index is 0.00787. The van der Waals surface area contributed by atoms with Gasteiger partial charge in [-0.2, -0.15) is 0 Å². The fraction of sp³-hybridized carbons (Fsp3) is 0.500. The van der Waals surface area contributed by atoms with Crippen LogP contribution in [0.15, 0.2) is 42.5 Å². The van der Waals surface area contributed by atoms with Gasteiger partial charge in [-0.25, -0.2) is 0 Å². The Kier molecular flexibility index (Phi) is 16.4. The number of aliphatic hydroxyl groups excluding tert-OH is 1. The third kappa shape index (κ3) is 12.6. The lowest BCUT2D eigenvalue weighted by Gasteiger charge is -2.12. The summed E-state index contributed by atoms with van der Waals surface area (Å²) < 4.78 is 42.9. The smallest absolute Gasteiger partial charge is 0.233 e. The second kappa shape index (κ2) is 19.9. The Bertz CT molecular complexity index is 980. The maximum atomic E-state index is 12.7. The van der Waals surface area contributed by atoms with Crippen LogP contribution in [0.25, 0.3) is 0 Å². The summed E-state index contributed by atoms with van der Waals surface area (Å²) in [5, 5.41) is 8.58. The van der Waals surface area contributed by atoms with Gasteiger partial charge in [0.25, 0.3) is 0 Å². The van der Waals surface area contributed by atoms with E-state index < -0.39 is 11.6 Å². The highest BCUT2D eigenvalue weighted by Crippen LogP contribution is 2.28. The van der Waals surface area contributed by atoms with E-state index in [4.69, 9.17) is 43.0 Å². The predicted molar refractivity (Wildman–Crippen MR) is 141 cm³/mol. The average Bonchev–Trinajstić information content (AvgIpc) is 2.98. The van der Waals surface area contributed by atoms with Crippen molar-refractivity contribution in [3.63, 3.8) is 0 Å². The Morgan fingerprint density at radius 3 is 1.62 bits per heavy atom. The van der Waals surface area contributed by atoms with Gasteiger partial charge in [0, 0.05) is 11.1 Å². The van der Waals surface area contributed by atoms with Gasteiger partial charge in [0.1, 0.15) is 12.4 Å². The number of rotatable bonds is 23. The summed E-state index contributed by atoms with van der Waals surface area (Å²) in [5.74, 6) is -0.0359. The maximum absolute atomic E-state index is 12.7. The summed E-state index contributed by atoms with van der Waals surface area (Å²) in [5.41, 5.74) is 0.440. The van der Waals surface area contributed by atoms with Gasteiger partial charge < -0.3 is 43.0 Å². The van der Waals surface area contributed by atoms with Crippen LogP contribution in [-0.4, -0.2) is 110 Å². The normalized spacial score (nSPS) is 10.8. The molecule has 0 heterocycles. The molecule has 0 fully saturated rings. The van der Waals surface area contributed by atoms with Gasteiger partial charge in [-0.3, -0.25) is 9.59 Å². The number of ketones is 2. The Balaban J connectivity index is 1.58. The molecule has 2 aromatic rings. The number of carbonyl (C=O) groups is 2. The number of carbonyl (C=O) groups excluding carboxylic acids is 2. The quantitative estimate of drug-likeness (QED) is 0.124. The zero-order valence-corrected chi connectivity index (χ0v) is 22.6. The van der Waals surface area contributed by atoms with Crippen molar-refractivity contribution < 1.29 is 52.6 Å². The topological polar surface area (TPSA) is 128 Å². The number of methoxy groups -OCH3 is 2. The van der Waals surface area contributed by atoms with Gasteiger partial charge in [0.15, 0.2) is 11.5 Å². The molecule has 216 valence electrons. The zero-order chi connectivity index (χ0) is 28.1. The van der Waals surface area contributed by atoms with Crippen LogP contribution in [0.4, 0.5) is 0 Å². The van der Waals surface area contributed by atoms with Gasteiger partial charge in [0.05, 0.1) is 86.9 Å². The van der Waals surface area contributed by atoms with Crippen molar-refractivity contribution in [2.45, 2.75) is 0 Å². The number of Topliss-reactive ketones (excluding diaryl/α,β-unsaturated/α-hetero) is 2. The summed E-state index contributed by atoms with van der Waals surface area (Å²) >= 11 is 0. The predicted octanol–water partition coefficient (Wildman–Crippen LogP) is 2.22. The lowest BCUT2D eigenvalue weighted by Crippen LogP contribution is -2.15. The Labute approximate surface area is 228 Å². The molecular formula is C28H38O11. The van der Waals surface area contributed by atoms with Crippen LogP contribution < -0.4 is 14.2 Å². The van der Waals surface area contributed by atoms with Crippen LogP contribution in [0.1, 0.15) is 20.7 Å². The Morgan fingerprint density at radius 2 is 1.10 bits per heavy atom. The average molecular weight is 551 g/mol. The van der Waals surface area contributed by atoms with E-state index in [9.17, 15) is 9.59 Å². The molecule has 0 atom stereocenters. The summed E-state index contributed by atoms with van der Waals surface area (Å²) in [6, 6.07) is 11.0. The molecule has 0 radical (unpaired) electrons. The third-order valence-corrected chi connectivity index (χ3v) is 5.17. The molecule has 0 aliphatic carbocycles. The largest absolute Gasteiger partial charge is 0.497 e.